The van der Waals surface area contributed by atoms with Gasteiger partial charge in [-0.2, -0.15) is 13.2 Å². The molecule has 32 heavy (non-hydrogen) atoms. The number of para-hydroxylation sites is 1. The highest BCUT2D eigenvalue weighted by Crippen LogP contribution is 2.44. The van der Waals surface area contributed by atoms with E-state index in [2.05, 4.69) is 22.3 Å². The number of fused-ring (bicyclic) bond motifs is 1. The van der Waals surface area contributed by atoms with E-state index in [1.165, 1.54) is 18.4 Å². The molecule has 2 saturated heterocycles. The van der Waals surface area contributed by atoms with Crippen LogP contribution in [0.25, 0.3) is 0 Å². The molecule has 2 atom stereocenters. The summed E-state index contributed by atoms with van der Waals surface area (Å²) in [5.74, 6) is -0.447. The van der Waals surface area contributed by atoms with Gasteiger partial charge in [0.05, 0.1) is 20.3 Å². The number of likely N-dealkylation sites (tertiary alicyclic amines) is 1. The van der Waals surface area contributed by atoms with Gasteiger partial charge in [0.15, 0.2) is 0 Å². The van der Waals surface area contributed by atoms with Crippen molar-refractivity contribution in [2.45, 2.75) is 32.0 Å². The minimum absolute atomic E-state index is 0.0182. The summed E-state index contributed by atoms with van der Waals surface area (Å²) in [5.41, 5.74) is 1.19. The SMILES string of the molecule is COc1ccccc1CN1C[C@@H]2COC[C@]2(CC(=O)NCC2CC2)C1.O=C(O)C(F)(F)F. The highest BCUT2D eigenvalue weighted by Gasteiger charge is 2.51. The van der Waals surface area contributed by atoms with Gasteiger partial charge in [0.2, 0.25) is 5.91 Å². The maximum absolute atomic E-state index is 12.4. The number of hydrogen-bond acceptors (Lipinski definition) is 5. The molecule has 0 aromatic heterocycles. The van der Waals surface area contributed by atoms with Crippen LogP contribution in [-0.2, 0) is 20.9 Å². The average molecular weight is 458 g/mol. The summed E-state index contributed by atoms with van der Waals surface area (Å²) in [6.07, 6.45) is -1.96. The quantitative estimate of drug-likeness (QED) is 0.653. The van der Waals surface area contributed by atoms with E-state index in [-0.39, 0.29) is 11.3 Å². The number of amides is 1. The van der Waals surface area contributed by atoms with E-state index < -0.39 is 12.1 Å². The molecule has 3 aliphatic rings. The molecule has 4 rings (SSSR count). The van der Waals surface area contributed by atoms with Crippen molar-refractivity contribution < 1.29 is 37.3 Å². The average Bonchev–Trinajstić information content (AvgIpc) is 3.40. The summed E-state index contributed by atoms with van der Waals surface area (Å²) in [7, 11) is 1.72. The number of carboxylic acid groups (broad SMARTS) is 1. The number of hydrogen-bond donors (Lipinski definition) is 2. The molecule has 0 unspecified atom stereocenters. The number of methoxy groups -OCH3 is 1. The lowest BCUT2D eigenvalue weighted by Gasteiger charge is -2.27. The van der Waals surface area contributed by atoms with Gasteiger partial charge in [-0.3, -0.25) is 9.69 Å². The van der Waals surface area contributed by atoms with Crippen molar-refractivity contribution in [3.63, 3.8) is 0 Å². The lowest BCUT2D eigenvalue weighted by Crippen LogP contribution is -2.38. The van der Waals surface area contributed by atoms with Crippen LogP contribution in [0.3, 0.4) is 0 Å². The molecule has 1 amide bonds. The topological polar surface area (TPSA) is 88.1 Å². The molecule has 1 aliphatic carbocycles. The molecule has 0 radical (unpaired) electrons. The lowest BCUT2D eigenvalue weighted by atomic mass is 9.78. The standard InChI is InChI=1S/C20H28N2O3.C2HF3O2/c1-24-18-5-3-2-4-16(18)10-22-11-17-12-25-14-20(17,13-22)8-19(23)21-9-15-6-7-15;3-2(4,5)1(6)7/h2-5,15,17H,6-14H2,1H3,(H,21,23);(H,6,7)/t17-,20+;/m1./s1. The van der Waals surface area contributed by atoms with E-state index in [9.17, 15) is 18.0 Å². The fourth-order valence-electron chi connectivity index (χ4n) is 4.35. The Balaban J connectivity index is 0.000000360. The predicted molar refractivity (Wildman–Crippen MR) is 109 cm³/mol. The number of carboxylic acids is 1. The Bertz CT molecular complexity index is 815. The van der Waals surface area contributed by atoms with Crippen LogP contribution in [0, 0.1) is 17.3 Å². The van der Waals surface area contributed by atoms with Crippen molar-refractivity contribution in [3.8, 4) is 5.75 Å². The molecular formula is C22H29F3N2O5. The molecule has 2 N–H and O–H groups in total. The number of halogens is 3. The number of benzene rings is 1. The largest absolute Gasteiger partial charge is 0.496 e. The van der Waals surface area contributed by atoms with Gasteiger partial charge in [0, 0.05) is 49.5 Å². The minimum Gasteiger partial charge on any atom is -0.496 e. The first-order valence-electron chi connectivity index (χ1n) is 10.6. The molecule has 2 heterocycles. The first-order chi connectivity index (χ1) is 15.1. The van der Waals surface area contributed by atoms with E-state index in [0.29, 0.717) is 18.9 Å². The summed E-state index contributed by atoms with van der Waals surface area (Å²) < 4.78 is 43.0. The first kappa shape index (κ1) is 24.3. The number of aliphatic carboxylic acids is 1. The second kappa shape index (κ2) is 10.1. The van der Waals surface area contributed by atoms with E-state index >= 15 is 0 Å². The third-order valence-corrected chi connectivity index (χ3v) is 6.22. The highest BCUT2D eigenvalue weighted by atomic mass is 19.4. The van der Waals surface area contributed by atoms with Crippen molar-refractivity contribution in [3.05, 3.63) is 29.8 Å². The van der Waals surface area contributed by atoms with Crippen molar-refractivity contribution in [2.75, 3.05) is 40.0 Å². The number of nitrogens with one attached hydrogen (secondary N) is 1. The number of carbonyl (C=O) groups is 2. The monoisotopic (exact) mass is 458 g/mol. The molecule has 0 bridgehead atoms. The zero-order chi connectivity index (χ0) is 23.4. The molecule has 1 aromatic rings. The summed E-state index contributed by atoms with van der Waals surface area (Å²) in [4.78, 5) is 23.8. The Kier molecular flexibility index (Phi) is 7.66. The molecule has 0 spiro atoms. The fraction of sp³-hybridized carbons (Fsp3) is 0.636. The predicted octanol–water partition coefficient (Wildman–Crippen LogP) is 2.69. The summed E-state index contributed by atoms with van der Waals surface area (Å²) >= 11 is 0. The van der Waals surface area contributed by atoms with Crippen LogP contribution in [0.5, 0.6) is 5.75 Å². The van der Waals surface area contributed by atoms with Gasteiger partial charge in [0.1, 0.15) is 5.75 Å². The Hall–Kier alpha value is -2.33. The number of carbonyl (C=O) groups excluding carboxylic acids is 1. The van der Waals surface area contributed by atoms with Crippen LogP contribution in [0.2, 0.25) is 0 Å². The minimum atomic E-state index is -5.08. The smallest absolute Gasteiger partial charge is 0.490 e. The van der Waals surface area contributed by atoms with E-state index in [0.717, 1.165) is 44.5 Å². The molecule has 10 heteroatoms. The highest BCUT2D eigenvalue weighted by molar-refractivity contribution is 5.77. The molecule has 2 aliphatic heterocycles. The number of ether oxygens (including phenoxy) is 2. The molecule has 1 aromatic carbocycles. The Morgan fingerprint density at radius 1 is 1.31 bits per heavy atom. The maximum atomic E-state index is 12.4. The summed E-state index contributed by atoms with van der Waals surface area (Å²) in [5, 5.41) is 10.3. The number of alkyl halides is 3. The molecule has 3 fully saturated rings. The van der Waals surface area contributed by atoms with Crippen molar-refractivity contribution in [2.24, 2.45) is 17.3 Å². The van der Waals surface area contributed by atoms with E-state index in [1.54, 1.807) is 7.11 Å². The second-order valence-electron chi connectivity index (χ2n) is 8.78. The zero-order valence-electron chi connectivity index (χ0n) is 18.0. The van der Waals surface area contributed by atoms with Crippen LogP contribution in [0.1, 0.15) is 24.8 Å². The Morgan fingerprint density at radius 2 is 2.00 bits per heavy atom. The van der Waals surface area contributed by atoms with Gasteiger partial charge in [-0.25, -0.2) is 4.79 Å². The lowest BCUT2D eigenvalue weighted by molar-refractivity contribution is -0.192. The third kappa shape index (κ3) is 6.35. The molecule has 7 nitrogen and oxygen atoms in total. The summed E-state index contributed by atoms with van der Waals surface area (Å²) in [6, 6.07) is 8.19. The van der Waals surface area contributed by atoms with Crippen molar-refractivity contribution in [1.82, 2.24) is 10.2 Å². The summed E-state index contributed by atoms with van der Waals surface area (Å²) in [6.45, 7) is 5.12. The van der Waals surface area contributed by atoms with Gasteiger partial charge < -0.3 is 19.9 Å². The molecular weight excluding hydrogens is 429 g/mol. The zero-order valence-corrected chi connectivity index (χ0v) is 18.0. The maximum Gasteiger partial charge on any atom is 0.490 e. The Morgan fingerprint density at radius 3 is 2.62 bits per heavy atom. The van der Waals surface area contributed by atoms with Crippen LogP contribution >= 0.6 is 0 Å². The third-order valence-electron chi connectivity index (χ3n) is 6.22. The number of nitrogens with zero attached hydrogens (tertiary/aromatic N) is 1. The molecule has 1 saturated carbocycles. The van der Waals surface area contributed by atoms with Gasteiger partial charge >= 0.3 is 12.1 Å². The number of rotatable bonds is 7. The van der Waals surface area contributed by atoms with Gasteiger partial charge in [-0.1, -0.05) is 18.2 Å². The van der Waals surface area contributed by atoms with E-state index in [1.807, 2.05) is 12.1 Å². The Labute approximate surface area is 184 Å². The van der Waals surface area contributed by atoms with E-state index in [4.69, 9.17) is 19.4 Å². The van der Waals surface area contributed by atoms with Gasteiger partial charge in [0.25, 0.3) is 0 Å². The van der Waals surface area contributed by atoms with Crippen molar-refractivity contribution >= 4 is 11.9 Å². The first-order valence-corrected chi connectivity index (χ1v) is 10.6. The van der Waals surface area contributed by atoms with Crippen LogP contribution in [0.4, 0.5) is 13.2 Å². The normalized spacial score (nSPS) is 24.9. The van der Waals surface area contributed by atoms with Crippen LogP contribution < -0.4 is 10.1 Å². The van der Waals surface area contributed by atoms with Crippen LogP contribution in [0.15, 0.2) is 24.3 Å². The van der Waals surface area contributed by atoms with Gasteiger partial charge in [-0.15, -0.1) is 0 Å². The second-order valence-corrected chi connectivity index (χ2v) is 8.78. The van der Waals surface area contributed by atoms with Crippen molar-refractivity contribution in [1.29, 1.82) is 0 Å². The van der Waals surface area contributed by atoms with Gasteiger partial charge in [-0.05, 0) is 24.8 Å². The van der Waals surface area contributed by atoms with Crippen LogP contribution in [-0.4, -0.2) is 68.0 Å². The fourth-order valence-corrected chi connectivity index (χ4v) is 4.35. The molecule has 178 valence electrons.